The minimum Gasteiger partial charge on any atom is -0.343 e. The summed E-state index contributed by atoms with van der Waals surface area (Å²) in [7, 11) is 0. The number of aryl methyl sites for hydroxylation is 1. The molecule has 1 aromatic carbocycles. The summed E-state index contributed by atoms with van der Waals surface area (Å²) >= 11 is 6.18. The predicted molar refractivity (Wildman–Crippen MR) is 104 cm³/mol. The maximum atomic E-state index is 13.2. The molecule has 1 saturated carbocycles. The molecule has 5 heteroatoms. The lowest BCUT2D eigenvalue weighted by molar-refractivity contribution is -0.120. The van der Waals surface area contributed by atoms with Crippen molar-refractivity contribution in [3.05, 3.63) is 59.0 Å². The zero-order chi connectivity index (χ0) is 17.9. The molecule has 1 fully saturated rings. The van der Waals surface area contributed by atoms with E-state index < -0.39 is 0 Å². The van der Waals surface area contributed by atoms with E-state index in [2.05, 4.69) is 28.6 Å². The van der Waals surface area contributed by atoms with E-state index >= 15 is 0 Å². The maximum Gasteiger partial charge on any atom is 0.238 e. The Kier molecular flexibility index (Phi) is 3.41. The molecule has 3 aromatic rings. The van der Waals surface area contributed by atoms with Gasteiger partial charge in [0.1, 0.15) is 0 Å². The first-order chi connectivity index (χ1) is 12.6. The molecule has 2 aliphatic rings. The number of aromatic nitrogens is 2. The Morgan fingerprint density at radius 2 is 2.08 bits per heavy atom. The van der Waals surface area contributed by atoms with Gasteiger partial charge < -0.3 is 9.47 Å². The second-order valence-corrected chi connectivity index (χ2v) is 7.79. The van der Waals surface area contributed by atoms with Gasteiger partial charge in [-0.15, -0.1) is 0 Å². The van der Waals surface area contributed by atoms with Crippen LogP contribution in [0, 0.1) is 0 Å². The zero-order valence-corrected chi connectivity index (χ0v) is 15.5. The summed E-state index contributed by atoms with van der Waals surface area (Å²) < 4.78 is 2.31. The zero-order valence-electron chi connectivity index (χ0n) is 14.7. The number of hydrogen-bond acceptors (Lipinski definition) is 2. The summed E-state index contributed by atoms with van der Waals surface area (Å²) in [6, 6.07) is 10.2. The van der Waals surface area contributed by atoms with E-state index in [1.54, 1.807) is 6.20 Å². The average Bonchev–Trinajstić information content (AvgIpc) is 3.34. The number of carbonyl (C=O) groups is 1. The molecule has 0 bridgehead atoms. The molecule has 1 spiro atoms. The van der Waals surface area contributed by atoms with Crippen molar-refractivity contribution in [3.8, 4) is 0 Å². The third kappa shape index (κ3) is 2.15. The van der Waals surface area contributed by atoms with Gasteiger partial charge in [0.15, 0.2) is 0 Å². The molecule has 5 rings (SSSR count). The van der Waals surface area contributed by atoms with Crippen LogP contribution in [0.25, 0.3) is 10.9 Å². The molecule has 132 valence electrons. The summed E-state index contributed by atoms with van der Waals surface area (Å²) in [5.74, 6) is 0.229. The second kappa shape index (κ2) is 5.58. The molecule has 0 radical (unpaired) electrons. The number of pyridine rings is 1. The van der Waals surface area contributed by atoms with Crippen LogP contribution in [0.5, 0.6) is 0 Å². The van der Waals surface area contributed by atoms with E-state index in [0.29, 0.717) is 6.54 Å². The van der Waals surface area contributed by atoms with Gasteiger partial charge in [-0.25, -0.2) is 0 Å². The fourth-order valence-electron chi connectivity index (χ4n) is 4.33. The van der Waals surface area contributed by atoms with Crippen molar-refractivity contribution in [3.63, 3.8) is 0 Å². The predicted octanol–water partition coefficient (Wildman–Crippen LogP) is 4.68. The number of nitrogens with zero attached hydrogens (tertiary/aromatic N) is 3. The minimum absolute atomic E-state index is 0.229. The normalized spacial score (nSPS) is 17.3. The lowest BCUT2D eigenvalue weighted by atomic mass is 9.99. The van der Waals surface area contributed by atoms with Gasteiger partial charge in [-0.3, -0.25) is 9.78 Å². The third-order valence-electron chi connectivity index (χ3n) is 5.73. The number of hydrogen-bond donors (Lipinski definition) is 0. The Morgan fingerprint density at radius 1 is 1.23 bits per heavy atom. The number of rotatable bonds is 4. The van der Waals surface area contributed by atoms with Crippen LogP contribution in [0.15, 0.2) is 42.7 Å². The highest BCUT2D eigenvalue weighted by Crippen LogP contribution is 2.57. The number of halogens is 1. The first-order valence-corrected chi connectivity index (χ1v) is 9.56. The smallest absolute Gasteiger partial charge is 0.238 e. The van der Waals surface area contributed by atoms with Crippen molar-refractivity contribution in [2.45, 2.75) is 44.7 Å². The van der Waals surface area contributed by atoms with Crippen LogP contribution in [0.4, 0.5) is 5.69 Å². The summed E-state index contributed by atoms with van der Waals surface area (Å²) in [6.45, 7) is 3.67. The Balaban J connectivity index is 1.60. The molecular weight excluding hydrogens is 346 g/mol. The van der Waals surface area contributed by atoms with Crippen LogP contribution in [0.3, 0.4) is 0 Å². The molecule has 1 aliphatic carbocycles. The van der Waals surface area contributed by atoms with Crippen molar-refractivity contribution in [2.75, 3.05) is 4.90 Å². The lowest BCUT2D eigenvalue weighted by Crippen LogP contribution is -2.32. The van der Waals surface area contributed by atoms with Gasteiger partial charge in [-0.2, -0.15) is 0 Å². The van der Waals surface area contributed by atoms with Crippen LogP contribution in [0.2, 0.25) is 5.02 Å². The molecule has 4 nitrogen and oxygen atoms in total. The summed E-state index contributed by atoms with van der Waals surface area (Å²) in [5, 5.41) is 1.86. The van der Waals surface area contributed by atoms with Gasteiger partial charge in [0, 0.05) is 34.4 Å². The van der Waals surface area contributed by atoms with Crippen molar-refractivity contribution >= 4 is 34.1 Å². The van der Waals surface area contributed by atoms with Gasteiger partial charge in [-0.05, 0) is 55.2 Å². The molecule has 3 heterocycles. The summed E-state index contributed by atoms with van der Waals surface area (Å²) in [6.07, 6.45) is 6.57. The lowest BCUT2D eigenvalue weighted by Gasteiger charge is -2.19. The Hall–Kier alpha value is -2.33. The van der Waals surface area contributed by atoms with Crippen molar-refractivity contribution in [1.29, 1.82) is 0 Å². The largest absolute Gasteiger partial charge is 0.343 e. The monoisotopic (exact) mass is 365 g/mol. The number of carbonyl (C=O) groups excluding carboxylic acids is 1. The molecular formula is C21H20ClN3O. The number of amides is 1. The third-order valence-corrected chi connectivity index (χ3v) is 5.96. The van der Waals surface area contributed by atoms with E-state index in [4.69, 9.17) is 11.6 Å². The number of anilines is 1. The first kappa shape index (κ1) is 15.9. The van der Waals surface area contributed by atoms with E-state index in [1.165, 1.54) is 5.52 Å². The minimum atomic E-state index is -0.275. The maximum absolute atomic E-state index is 13.2. The highest BCUT2D eigenvalue weighted by Gasteiger charge is 2.59. The fourth-order valence-corrected chi connectivity index (χ4v) is 4.51. The molecule has 1 amide bonds. The second-order valence-electron chi connectivity index (χ2n) is 7.36. The van der Waals surface area contributed by atoms with E-state index in [1.807, 2.05) is 29.3 Å². The highest BCUT2D eigenvalue weighted by atomic mass is 35.5. The molecule has 0 atom stereocenters. The molecule has 26 heavy (non-hydrogen) atoms. The van der Waals surface area contributed by atoms with Crippen LogP contribution in [-0.4, -0.2) is 15.5 Å². The Labute approximate surface area is 157 Å². The number of fused-ring (bicyclic) bond motifs is 3. The Morgan fingerprint density at radius 3 is 2.85 bits per heavy atom. The van der Waals surface area contributed by atoms with Crippen LogP contribution in [0.1, 0.15) is 37.4 Å². The van der Waals surface area contributed by atoms with Gasteiger partial charge in [0.25, 0.3) is 0 Å². The molecule has 2 aromatic heterocycles. The van der Waals surface area contributed by atoms with Gasteiger partial charge in [0.2, 0.25) is 5.91 Å². The first-order valence-electron chi connectivity index (χ1n) is 9.18. The molecule has 1 aliphatic heterocycles. The van der Waals surface area contributed by atoms with E-state index in [9.17, 15) is 4.79 Å². The summed E-state index contributed by atoms with van der Waals surface area (Å²) in [4.78, 5) is 19.4. The molecule has 0 N–H and O–H groups in total. The van der Waals surface area contributed by atoms with Crippen LogP contribution >= 0.6 is 11.6 Å². The topological polar surface area (TPSA) is 38.1 Å². The fraction of sp³-hybridized carbons (Fsp3) is 0.333. The molecule has 0 saturated heterocycles. The highest BCUT2D eigenvalue weighted by molar-refractivity contribution is 6.31. The Bertz CT molecular complexity index is 1030. The van der Waals surface area contributed by atoms with E-state index in [0.717, 1.165) is 53.2 Å². The van der Waals surface area contributed by atoms with Crippen molar-refractivity contribution in [1.82, 2.24) is 9.55 Å². The van der Waals surface area contributed by atoms with E-state index in [-0.39, 0.29) is 11.3 Å². The van der Waals surface area contributed by atoms with Crippen LogP contribution < -0.4 is 4.90 Å². The van der Waals surface area contributed by atoms with Crippen LogP contribution in [-0.2, 0) is 23.3 Å². The van der Waals surface area contributed by atoms with Gasteiger partial charge >= 0.3 is 0 Å². The van der Waals surface area contributed by atoms with Crippen molar-refractivity contribution < 1.29 is 4.79 Å². The SMILES string of the molecule is CCCn1c(CN2C(=O)C3(CC3)c3ccncc32)cc2cc(Cl)ccc21. The standard InChI is InChI=1S/C21H20ClN3O/c1-2-9-24-16(11-14-10-15(22)3-4-18(14)24)13-25-19-12-23-8-5-17(19)21(6-7-21)20(25)26/h3-5,8,10-12H,2,6-7,9,13H2,1H3. The quantitative estimate of drug-likeness (QED) is 0.673. The van der Waals surface area contributed by atoms with Gasteiger partial charge in [0.05, 0.1) is 23.8 Å². The average molecular weight is 366 g/mol. The van der Waals surface area contributed by atoms with Crippen molar-refractivity contribution in [2.24, 2.45) is 0 Å². The molecule has 0 unspecified atom stereocenters. The number of benzene rings is 1. The summed E-state index contributed by atoms with van der Waals surface area (Å²) in [5.41, 5.74) is 4.17. The van der Waals surface area contributed by atoms with Gasteiger partial charge in [-0.1, -0.05) is 18.5 Å².